The molecule has 1 fully saturated rings. The second kappa shape index (κ2) is 7.77. The topological polar surface area (TPSA) is 52.1 Å². The van der Waals surface area contributed by atoms with Gasteiger partial charge in [-0.2, -0.15) is 0 Å². The molecule has 1 aliphatic rings. The second-order valence-electron chi connectivity index (χ2n) is 6.22. The summed E-state index contributed by atoms with van der Waals surface area (Å²) >= 11 is 0. The zero-order valence-electron chi connectivity index (χ0n) is 13.6. The average molecular weight is 322 g/mol. The number of hydrogen-bond donors (Lipinski definition) is 0. The van der Waals surface area contributed by atoms with E-state index >= 15 is 0 Å². The van der Waals surface area contributed by atoms with Gasteiger partial charge in [-0.15, -0.1) is 0 Å². The van der Waals surface area contributed by atoms with Gasteiger partial charge >= 0.3 is 0 Å². The predicted molar refractivity (Wildman–Crippen MR) is 96.5 cm³/mol. The maximum atomic E-state index is 12.6. The smallest absolute Gasteiger partial charge is 0.224 e. The van der Waals surface area contributed by atoms with Crippen LogP contribution < -0.4 is 0 Å². The lowest BCUT2D eigenvalue weighted by atomic mass is 9.90. The van der Waals surface area contributed by atoms with Crippen molar-refractivity contribution in [1.82, 2.24) is 0 Å². The van der Waals surface area contributed by atoms with Gasteiger partial charge in [-0.25, -0.2) is 9.48 Å². The molecule has 0 unspecified atom stereocenters. The number of rotatable bonds is 4. The lowest BCUT2D eigenvalue weighted by Gasteiger charge is -2.28. The van der Waals surface area contributed by atoms with Crippen LogP contribution in [0.4, 0.5) is 0 Å². The molecule has 124 valence electrons. The number of hydroxylamine groups is 2. The van der Waals surface area contributed by atoms with Crippen LogP contribution in [-0.4, -0.2) is 34.0 Å². The molecule has 0 aromatic heterocycles. The van der Waals surface area contributed by atoms with Crippen molar-refractivity contribution in [2.75, 3.05) is 0 Å². The largest absolute Gasteiger partial charge is 0.623 e. The first kappa shape index (κ1) is 16.2. The molecule has 4 heteroatoms. The molecule has 0 radical (unpaired) electrons. The summed E-state index contributed by atoms with van der Waals surface area (Å²) in [7, 11) is 0. The number of nitrogens with zero attached hydrogens (tertiary/aromatic N) is 2. The lowest BCUT2D eigenvalue weighted by Crippen LogP contribution is -2.44. The highest BCUT2D eigenvalue weighted by Crippen LogP contribution is 2.23. The Morgan fingerprint density at radius 2 is 1.04 bits per heavy atom. The van der Waals surface area contributed by atoms with Crippen LogP contribution in [0.25, 0.3) is 0 Å². The Labute approximate surface area is 142 Å². The van der Waals surface area contributed by atoms with Crippen LogP contribution in [0.3, 0.4) is 0 Å². The van der Waals surface area contributed by atoms with E-state index in [1.54, 1.807) is 12.4 Å². The minimum Gasteiger partial charge on any atom is -0.623 e. The van der Waals surface area contributed by atoms with Crippen molar-refractivity contribution in [3.63, 3.8) is 0 Å². The number of hydrogen-bond acceptors (Lipinski definition) is 2. The summed E-state index contributed by atoms with van der Waals surface area (Å²) in [5.74, 6) is 0. The van der Waals surface area contributed by atoms with Gasteiger partial charge in [0.15, 0.2) is 12.4 Å². The van der Waals surface area contributed by atoms with Crippen molar-refractivity contribution in [3.05, 3.63) is 82.2 Å². The molecule has 1 saturated carbocycles. The summed E-state index contributed by atoms with van der Waals surface area (Å²) in [5.41, 5.74) is 1.72. The van der Waals surface area contributed by atoms with Crippen molar-refractivity contribution < 1.29 is 9.48 Å². The zero-order chi connectivity index (χ0) is 16.8. The Bertz CT molecular complexity index is 647. The highest BCUT2D eigenvalue weighted by atomic mass is 16.5. The van der Waals surface area contributed by atoms with Crippen molar-refractivity contribution in [2.24, 2.45) is 0 Å². The molecule has 0 amide bonds. The molecule has 3 rings (SSSR count). The maximum Gasteiger partial charge on any atom is 0.224 e. The SMILES string of the molecule is [O-]/[N+](=C/c1ccccc1)[C@@H]1CCCC[C@@H]1/[N+]([O-])=C\c1ccccc1. The highest BCUT2D eigenvalue weighted by molar-refractivity contribution is 5.76. The fourth-order valence-electron chi connectivity index (χ4n) is 3.25. The molecule has 0 heterocycles. The fourth-order valence-corrected chi connectivity index (χ4v) is 3.25. The van der Waals surface area contributed by atoms with Gasteiger partial charge in [0.25, 0.3) is 0 Å². The van der Waals surface area contributed by atoms with E-state index in [1.165, 1.54) is 0 Å². The Hall–Kier alpha value is -2.62. The maximum absolute atomic E-state index is 12.6. The van der Waals surface area contributed by atoms with Crippen LogP contribution in [0.5, 0.6) is 0 Å². The van der Waals surface area contributed by atoms with Gasteiger partial charge in [-0.3, -0.25) is 0 Å². The third-order valence-corrected chi connectivity index (χ3v) is 4.50. The van der Waals surface area contributed by atoms with Crippen LogP contribution in [-0.2, 0) is 0 Å². The third kappa shape index (κ3) is 4.02. The molecular weight excluding hydrogens is 300 g/mol. The second-order valence-corrected chi connectivity index (χ2v) is 6.22. The van der Waals surface area contributed by atoms with E-state index in [0.717, 1.165) is 46.3 Å². The van der Waals surface area contributed by atoms with Gasteiger partial charge in [0.05, 0.1) is 0 Å². The first-order chi connectivity index (χ1) is 11.7. The minimum absolute atomic E-state index is 0.309. The Balaban J connectivity index is 1.83. The van der Waals surface area contributed by atoms with Gasteiger partial charge in [0, 0.05) is 24.0 Å². The van der Waals surface area contributed by atoms with Crippen LogP contribution >= 0.6 is 0 Å². The van der Waals surface area contributed by atoms with Crippen LogP contribution in [0.15, 0.2) is 60.7 Å². The van der Waals surface area contributed by atoms with Crippen LogP contribution in [0.2, 0.25) is 0 Å². The summed E-state index contributed by atoms with van der Waals surface area (Å²) in [6.07, 6.45) is 6.67. The minimum atomic E-state index is -0.309. The van der Waals surface area contributed by atoms with E-state index < -0.39 is 0 Å². The highest BCUT2D eigenvalue weighted by Gasteiger charge is 2.37. The normalized spacial score (nSPS) is 22.3. The molecule has 24 heavy (non-hydrogen) atoms. The van der Waals surface area contributed by atoms with Crippen molar-refractivity contribution in [3.8, 4) is 0 Å². The molecule has 2 atom stereocenters. The standard InChI is InChI=1S/C20H22N2O2/c23-21(15-17-9-3-1-4-10-17)19-13-7-8-14-20(19)22(24)16-18-11-5-2-6-12-18/h1-6,9-12,15-16,19-20H,7-8,13-14H2/b21-15+,22-16+/t19-,20+. The number of benzene rings is 2. The van der Waals surface area contributed by atoms with E-state index in [0.29, 0.717) is 0 Å². The van der Waals surface area contributed by atoms with Gasteiger partial charge < -0.3 is 10.4 Å². The van der Waals surface area contributed by atoms with Gasteiger partial charge in [0.2, 0.25) is 12.1 Å². The Morgan fingerprint density at radius 3 is 1.42 bits per heavy atom. The molecule has 2 aromatic carbocycles. The Morgan fingerprint density at radius 1 is 0.667 bits per heavy atom. The van der Waals surface area contributed by atoms with Crippen molar-refractivity contribution in [2.45, 2.75) is 37.8 Å². The summed E-state index contributed by atoms with van der Waals surface area (Å²) in [4.78, 5) is 0. The molecule has 0 saturated heterocycles. The van der Waals surface area contributed by atoms with E-state index in [4.69, 9.17) is 0 Å². The first-order valence-corrected chi connectivity index (χ1v) is 8.45. The molecule has 0 spiro atoms. The first-order valence-electron chi connectivity index (χ1n) is 8.45. The molecule has 0 N–H and O–H groups in total. The van der Waals surface area contributed by atoms with Crippen molar-refractivity contribution >= 4 is 12.4 Å². The van der Waals surface area contributed by atoms with E-state index in [1.807, 2.05) is 60.7 Å². The summed E-state index contributed by atoms with van der Waals surface area (Å²) in [6, 6.07) is 18.4. The zero-order valence-corrected chi connectivity index (χ0v) is 13.6. The van der Waals surface area contributed by atoms with Crippen LogP contribution in [0.1, 0.15) is 36.8 Å². The third-order valence-electron chi connectivity index (χ3n) is 4.50. The average Bonchev–Trinajstić information content (AvgIpc) is 2.63. The fraction of sp³-hybridized carbons (Fsp3) is 0.300. The van der Waals surface area contributed by atoms with Gasteiger partial charge in [0.1, 0.15) is 0 Å². The quantitative estimate of drug-likeness (QED) is 0.374. The van der Waals surface area contributed by atoms with E-state index in [2.05, 4.69) is 0 Å². The molecular formula is C20H22N2O2. The molecule has 0 bridgehead atoms. The van der Waals surface area contributed by atoms with E-state index in [9.17, 15) is 10.4 Å². The van der Waals surface area contributed by atoms with Gasteiger partial charge in [-0.05, 0) is 37.1 Å². The predicted octanol–water partition coefficient (Wildman–Crippen LogP) is 3.56. The van der Waals surface area contributed by atoms with Crippen molar-refractivity contribution in [1.29, 1.82) is 0 Å². The monoisotopic (exact) mass is 322 g/mol. The molecule has 1 aliphatic carbocycles. The van der Waals surface area contributed by atoms with Crippen LogP contribution in [0, 0.1) is 10.4 Å². The Kier molecular flexibility index (Phi) is 5.26. The molecule has 0 aliphatic heterocycles. The summed E-state index contributed by atoms with van der Waals surface area (Å²) in [5, 5.41) is 25.2. The molecule has 4 nitrogen and oxygen atoms in total. The van der Waals surface area contributed by atoms with E-state index in [-0.39, 0.29) is 12.1 Å². The van der Waals surface area contributed by atoms with Gasteiger partial charge in [-0.1, -0.05) is 36.4 Å². The summed E-state index contributed by atoms with van der Waals surface area (Å²) in [6.45, 7) is 0. The summed E-state index contributed by atoms with van der Waals surface area (Å²) < 4.78 is 1.95. The lowest BCUT2D eigenvalue weighted by molar-refractivity contribution is -0.598. The molecule has 2 aromatic rings.